The van der Waals surface area contributed by atoms with E-state index in [4.69, 9.17) is 5.11 Å². The number of carbonyl (C=O) groups excluding carboxylic acids is 2. The molecule has 1 aliphatic rings. The van der Waals surface area contributed by atoms with E-state index in [9.17, 15) is 14.4 Å². The van der Waals surface area contributed by atoms with E-state index in [-0.39, 0.29) is 30.2 Å². The summed E-state index contributed by atoms with van der Waals surface area (Å²) >= 11 is 0. The molecule has 1 heterocycles. The minimum absolute atomic E-state index is 0.0541. The van der Waals surface area contributed by atoms with E-state index in [1.165, 1.54) is 0 Å². The van der Waals surface area contributed by atoms with Crippen LogP contribution in [-0.2, 0) is 9.59 Å². The molecule has 3 amide bonds. The van der Waals surface area contributed by atoms with Gasteiger partial charge in [0.2, 0.25) is 5.91 Å². The Bertz CT molecular complexity index is 400. The predicted molar refractivity (Wildman–Crippen MR) is 78.8 cm³/mol. The summed E-state index contributed by atoms with van der Waals surface area (Å²) in [5, 5.41) is 11.0. The normalized spacial score (nSPS) is 18.9. The molecular weight excluding hydrogens is 272 g/mol. The smallest absolute Gasteiger partial charge is 0.324 e. The molecule has 0 saturated carbocycles. The summed E-state index contributed by atoms with van der Waals surface area (Å²) in [7, 11) is 0. The molecule has 1 rings (SSSR count). The van der Waals surface area contributed by atoms with Crippen LogP contribution in [0.4, 0.5) is 4.79 Å². The van der Waals surface area contributed by atoms with E-state index in [0.717, 1.165) is 19.3 Å². The number of aliphatic carboxylic acids is 1. The summed E-state index contributed by atoms with van der Waals surface area (Å²) in [6, 6.07) is -0.360. The molecule has 0 aromatic carbocycles. The highest BCUT2D eigenvalue weighted by molar-refractivity contribution is 5.94. The highest BCUT2D eigenvalue weighted by Gasteiger charge is 2.30. The van der Waals surface area contributed by atoms with Gasteiger partial charge in [0, 0.05) is 25.9 Å². The topological polar surface area (TPSA) is 86.7 Å². The van der Waals surface area contributed by atoms with Crippen molar-refractivity contribution in [3.8, 4) is 0 Å². The van der Waals surface area contributed by atoms with Crippen LogP contribution in [0.5, 0.6) is 0 Å². The first-order chi connectivity index (χ1) is 9.75. The van der Waals surface area contributed by atoms with Gasteiger partial charge in [-0.3, -0.25) is 14.9 Å². The van der Waals surface area contributed by atoms with Gasteiger partial charge < -0.3 is 10.0 Å². The highest BCUT2D eigenvalue weighted by atomic mass is 16.4. The Morgan fingerprint density at radius 3 is 2.29 bits per heavy atom. The van der Waals surface area contributed by atoms with Crippen molar-refractivity contribution in [2.45, 2.75) is 52.9 Å². The Morgan fingerprint density at radius 1 is 1.24 bits per heavy atom. The molecule has 120 valence electrons. The number of hydrogen-bond acceptors (Lipinski definition) is 3. The molecule has 6 nitrogen and oxygen atoms in total. The van der Waals surface area contributed by atoms with Crippen LogP contribution >= 0.6 is 0 Å². The number of rotatable bonds is 5. The fourth-order valence-corrected chi connectivity index (χ4v) is 2.54. The van der Waals surface area contributed by atoms with Crippen LogP contribution in [0.3, 0.4) is 0 Å². The van der Waals surface area contributed by atoms with Crippen LogP contribution in [-0.4, -0.2) is 41.0 Å². The molecule has 0 radical (unpaired) electrons. The van der Waals surface area contributed by atoms with Crippen molar-refractivity contribution in [3.05, 3.63) is 0 Å². The lowest BCUT2D eigenvalue weighted by Gasteiger charge is -2.38. The van der Waals surface area contributed by atoms with Crippen LogP contribution < -0.4 is 5.32 Å². The predicted octanol–water partition coefficient (Wildman–Crippen LogP) is 2.24. The standard InChI is InChI=1S/C15H26N2O4/c1-4-15(3)5-7-17(8-6-15)14(21)16-12(18)9-11(2)10-13(19)20/h11H,4-10H2,1-3H3,(H,19,20)(H,16,18,21). The van der Waals surface area contributed by atoms with E-state index in [1.807, 2.05) is 0 Å². The van der Waals surface area contributed by atoms with Crippen LogP contribution in [0.25, 0.3) is 0 Å². The lowest BCUT2D eigenvalue weighted by atomic mass is 9.78. The first-order valence-electron chi connectivity index (χ1n) is 7.56. The van der Waals surface area contributed by atoms with E-state index in [2.05, 4.69) is 19.2 Å². The highest BCUT2D eigenvalue weighted by Crippen LogP contribution is 2.33. The molecular formula is C15H26N2O4. The van der Waals surface area contributed by atoms with Gasteiger partial charge in [0.1, 0.15) is 0 Å². The molecule has 1 unspecified atom stereocenters. The molecule has 0 bridgehead atoms. The molecule has 6 heteroatoms. The van der Waals surface area contributed by atoms with Crippen LogP contribution in [0.15, 0.2) is 0 Å². The van der Waals surface area contributed by atoms with Gasteiger partial charge in [-0.1, -0.05) is 27.2 Å². The molecule has 2 N–H and O–H groups in total. The lowest BCUT2D eigenvalue weighted by molar-refractivity contribution is -0.138. The van der Waals surface area contributed by atoms with Crippen molar-refractivity contribution < 1.29 is 19.5 Å². The van der Waals surface area contributed by atoms with Crippen molar-refractivity contribution in [1.29, 1.82) is 0 Å². The second-order valence-corrected chi connectivity index (χ2v) is 6.41. The summed E-state index contributed by atoms with van der Waals surface area (Å²) < 4.78 is 0. The number of amides is 3. The van der Waals surface area contributed by atoms with Crippen LogP contribution in [0.2, 0.25) is 0 Å². The van der Waals surface area contributed by atoms with E-state index in [0.29, 0.717) is 13.1 Å². The van der Waals surface area contributed by atoms with Gasteiger partial charge in [0.25, 0.3) is 0 Å². The van der Waals surface area contributed by atoms with Crippen LogP contribution in [0.1, 0.15) is 52.9 Å². The molecule has 1 aliphatic heterocycles. The molecule has 1 fully saturated rings. The maximum Gasteiger partial charge on any atom is 0.324 e. The second kappa shape index (κ2) is 7.43. The summed E-state index contributed by atoms with van der Waals surface area (Å²) in [6.07, 6.45) is 2.97. The van der Waals surface area contributed by atoms with Gasteiger partial charge in [-0.2, -0.15) is 0 Å². The summed E-state index contributed by atoms with van der Waals surface area (Å²) in [4.78, 5) is 35.9. The summed E-state index contributed by atoms with van der Waals surface area (Å²) in [5.41, 5.74) is 0.288. The van der Waals surface area contributed by atoms with Gasteiger partial charge in [0.05, 0.1) is 0 Å². The molecule has 21 heavy (non-hydrogen) atoms. The second-order valence-electron chi connectivity index (χ2n) is 6.41. The zero-order chi connectivity index (χ0) is 16.0. The maximum atomic E-state index is 12.0. The van der Waals surface area contributed by atoms with E-state index >= 15 is 0 Å². The number of hydrogen-bond donors (Lipinski definition) is 2. The molecule has 0 aromatic heterocycles. The molecule has 1 atom stereocenters. The number of carbonyl (C=O) groups is 3. The third-order valence-corrected chi connectivity index (χ3v) is 4.41. The Hall–Kier alpha value is -1.59. The first kappa shape index (κ1) is 17.5. The lowest BCUT2D eigenvalue weighted by Crippen LogP contribution is -2.48. The monoisotopic (exact) mass is 298 g/mol. The third-order valence-electron chi connectivity index (χ3n) is 4.41. The van der Waals surface area contributed by atoms with Gasteiger partial charge in [-0.25, -0.2) is 4.79 Å². The minimum atomic E-state index is -0.934. The molecule has 0 aromatic rings. The van der Waals surface area contributed by atoms with Crippen molar-refractivity contribution >= 4 is 17.9 Å². The van der Waals surface area contributed by atoms with Crippen molar-refractivity contribution in [2.75, 3.05) is 13.1 Å². The Labute approximate surface area is 125 Å². The number of piperidine rings is 1. The number of urea groups is 1. The number of nitrogens with one attached hydrogen (secondary N) is 1. The minimum Gasteiger partial charge on any atom is -0.481 e. The van der Waals surface area contributed by atoms with Gasteiger partial charge in [-0.15, -0.1) is 0 Å². The average Bonchev–Trinajstić information content (AvgIpc) is 2.38. The largest absolute Gasteiger partial charge is 0.481 e. The van der Waals surface area contributed by atoms with Gasteiger partial charge in [-0.05, 0) is 24.2 Å². The number of carboxylic acid groups (broad SMARTS) is 1. The molecule has 0 spiro atoms. The fraction of sp³-hybridized carbons (Fsp3) is 0.800. The maximum absolute atomic E-state index is 12.0. The van der Waals surface area contributed by atoms with Crippen molar-refractivity contribution in [3.63, 3.8) is 0 Å². The Kier molecular flexibility index (Phi) is 6.18. The first-order valence-corrected chi connectivity index (χ1v) is 7.56. The van der Waals surface area contributed by atoms with Crippen molar-refractivity contribution in [1.82, 2.24) is 10.2 Å². The van der Waals surface area contributed by atoms with Crippen LogP contribution in [0, 0.1) is 11.3 Å². The average molecular weight is 298 g/mol. The molecule has 0 aliphatic carbocycles. The number of carboxylic acids is 1. The summed E-state index contributed by atoms with van der Waals surface area (Å²) in [5.74, 6) is -1.62. The summed E-state index contributed by atoms with van der Waals surface area (Å²) in [6.45, 7) is 7.39. The zero-order valence-electron chi connectivity index (χ0n) is 13.1. The third kappa shape index (κ3) is 5.73. The SMILES string of the molecule is CCC1(C)CCN(C(=O)NC(=O)CC(C)CC(=O)O)CC1. The van der Waals surface area contributed by atoms with Gasteiger partial charge in [0.15, 0.2) is 0 Å². The fourth-order valence-electron chi connectivity index (χ4n) is 2.54. The van der Waals surface area contributed by atoms with Crippen molar-refractivity contribution in [2.24, 2.45) is 11.3 Å². The number of likely N-dealkylation sites (tertiary alicyclic amines) is 1. The number of nitrogens with zero attached hydrogens (tertiary/aromatic N) is 1. The molecule has 1 saturated heterocycles. The zero-order valence-corrected chi connectivity index (χ0v) is 13.1. The quantitative estimate of drug-likeness (QED) is 0.815. The van der Waals surface area contributed by atoms with E-state index in [1.54, 1.807) is 11.8 Å². The Balaban J connectivity index is 2.37. The van der Waals surface area contributed by atoms with Gasteiger partial charge >= 0.3 is 12.0 Å². The number of imide groups is 1. The Morgan fingerprint density at radius 2 is 1.81 bits per heavy atom. The van der Waals surface area contributed by atoms with E-state index < -0.39 is 11.9 Å².